The molecule has 0 aromatic heterocycles. The third kappa shape index (κ3) is 5.11. The molecule has 2 aliphatic rings. The number of carbonyl (C=O) groups excluding carboxylic acids is 2. The minimum atomic E-state index is -4.62. The Kier molecular flexibility index (Phi) is 6.78. The summed E-state index contributed by atoms with van der Waals surface area (Å²) >= 11 is 0. The first kappa shape index (κ1) is 23.3. The molecule has 1 aliphatic heterocycles. The smallest absolute Gasteiger partial charge is 0.416 e. The third-order valence-corrected chi connectivity index (χ3v) is 6.38. The zero-order valence-corrected chi connectivity index (χ0v) is 17.1. The molecule has 2 fully saturated rings. The van der Waals surface area contributed by atoms with E-state index < -0.39 is 29.2 Å². The van der Waals surface area contributed by atoms with Crippen LogP contribution in [0.5, 0.6) is 5.75 Å². The Labute approximate surface area is 177 Å². The van der Waals surface area contributed by atoms with Gasteiger partial charge in [-0.15, -0.1) is 0 Å². The van der Waals surface area contributed by atoms with E-state index >= 15 is 0 Å². The third-order valence-electron chi connectivity index (χ3n) is 6.38. The molecule has 1 saturated carbocycles. The molecule has 6 nitrogen and oxygen atoms in total. The first-order valence-electron chi connectivity index (χ1n) is 10.2. The minimum Gasteiger partial charge on any atom is -0.487 e. The highest BCUT2D eigenvalue weighted by Crippen LogP contribution is 2.39. The summed E-state index contributed by atoms with van der Waals surface area (Å²) in [6.07, 6.45) is -2.47. The van der Waals surface area contributed by atoms with Gasteiger partial charge in [-0.2, -0.15) is 13.2 Å². The maximum Gasteiger partial charge on any atom is 0.416 e. The zero-order chi connectivity index (χ0) is 22.8. The Balaban J connectivity index is 1.50. The summed E-state index contributed by atoms with van der Waals surface area (Å²) < 4.78 is 57.6. The summed E-state index contributed by atoms with van der Waals surface area (Å²) in [5.74, 6) is -1.52. The Morgan fingerprint density at radius 2 is 2.00 bits per heavy atom. The molecule has 2 amide bonds. The second kappa shape index (κ2) is 9.02. The fourth-order valence-electron chi connectivity index (χ4n) is 4.39. The van der Waals surface area contributed by atoms with Crippen LogP contribution in [-0.2, 0) is 15.8 Å². The number of nitrogens with one attached hydrogen (secondary N) is 1. The number of halogens is 4. The Morgan fingerprint density at radius 3 is 2.52 bits per heavy atom. The Hall–Kier alpha value is -2.36. The summed E-state index contributed by atoms with van der Waals surface area (Å²) in [7, 11) is 0. The molecule has 1 atom stereocenters. The highest BCUT2D eigenvalue weighted by atomic mass is 19.4. The van der Waals surface area contributed by atoms with Gasteiger partial charge >= 0.3 is 6.18 Å². The van der Waals surface area contributed by atoms with Crippen molar-refractivity contribution in [3.8, 4) is 5.75 Å². The van der Waals surface area contributed by atoms with Gasteiger partial charge in [-0.1, -0.05) is 0 Å². The van der Waals surface area contributed by atoms with Gasteiger partial charge in [-0.25, -0.2) is 4.39 Å². The van der Waals surface area contributed by atoms with E-state index in [2.05, 4.69) is 5.32 Å². The lowest BCUT2D eigenvalue weighted by atomic mass is 9.68. The molecule has 1 unspecified atom stereocenters. The number of benzene rings is 1. The maximum absolute atomic E-state index is 14.0. The highest BCUT2D eigenvalue weighted by Gasteiger charge is 2.48. The number of amides is 2. The Morgan fingerprint density at radius 1 is 1.35 bits per heavy atom. The van der Waals surface area contributed by atoms with Crippen molar-refractivity contribution in [3.05, 3.63) is 29.6 Å². The van der Waals surface area contributed by atoms with E-state index in [4.69, 9.17) is 4.74 Å². The van der Waals surface area contributed by atoms with Gasteiger partial charge in [0.05, 0.1) is 23.8 Å². The molecule has 1 aromatic rings. The van der Waals surface area contributed by atoms with Gasteiger partial charge in [0.25, 0.3) is 0 Å². The lowest BCUT2D eigenvalue weighted by Crippen LogP contribution is -2.61. The van der Waals surface area contributed by atoms with Gasteiger partial charge in [0, 0.05) is 19.0 Å². The number of aliphatic hydroxyl groups excluding tert-OH is 1. The van der Waals surface area contributed by atoms with E-state index in [1.807, 2.05) is 0 Å². The number of ether oxygens (including phenoxy) is 1. The van der Waals surface area contributed by atoms with E-state index in [9.17, 15) is 32.3 Å². The van der Waals surface area contributed by atoms with Gasteiger partial charge in [0.2, 0.25) is 12.3 Å². The summed E-state index contributed by atoms with van der Waals surface area (Å²) in [5, 5.41) is 12.0. The number of piperidine rings is 1. The van der Waals surface area contributed by atoms with Crippen LogP contribution in [0, 0.1) is 17.7 Å². The second-order valence-electron chi connectivity index (χ2n) is 8.43. The standard InChI is InChI=1S/C21H26F4N2O4/c1-13(31-18-3-2-16(8-17(18)22)21(23,24)25)14-4-6-27(7-5-14)19(30)15-9-20(10-15,11-28)26-12-29/h2-3,8,12-15,28H,4-7,9-11H2,1H3,(H,26,29). The number of carbonyl (C=O) groups is 2. The lowest BCUT2D eigenvalue weighted by Gasteiger charge is -2.47. The molecule has 1 saturated heterocycles. The maximum atomic E-state index is 14.0. The van der Waals surface area contributed by atoms with Crippen molar-refractivity contribution in [2.24, 2.45) is 11.8 Å². The van der Waals surface area contributed by atoms with Crippen molar-refractivity contribution in [1.82, 2.24) is 10.2 Å². The summed E-state index contributed by atoms with van der Waals surface area (Å²) in [4.78, 5) is 25.1. The van der Waals surface area contributed by atoms with Crippen molar-refractivity contribution >= 4 is 12.3 Å². The van der Waals surface area contributed by atoms with Crippen LogP contribution in [0.1, 0.15) is 38.2 Å². The van der Waals surface area contributed by atoms with Crippen molar-refractivity contribution in [2.45, 2.75) is 50.4 Å². The fraction of sp³-hybridized carbons (Fsp3) is 0.619. The van der Waals surface area contributed by atoms with Crippen LogP contribution in [0.4, 0.5) is 17.6 Å². The van der Waals surface area contributed by atoms with Gasteiger partial charge in [-0.05, 0) is 56.7 Å². The summed E-state index contributed by atoms with van der Waals surface area (Å²) in [5.41, 5.74) is -1.78. The SMILES string of the molecule is CC(Oc1ccc(C(F)(F)F)cc1F)C1CCN(C(=O)C2CC(CO)(NC=O)C2)CC1. The van der Waals surface area contributed by atoms with Gasteiger partial charge in [0.15, 0.2) is 11.6 Å². The number of aliphatic hydroxyl groups is 1. The molecule has 31 heavy (non-hydrogen) atoms. The summed E-state index contributed by atoms with van der Waals surface area (Å²) in [6, 6.07) is 2.20. The number of hydrogen-bond acceptors (Lipinski definition) is 4. The predicted octanol–water partition coefficient (Wildman–Crippen LogP) is 2.74. The lowest BCUT2D eigenvalue weighted by molar-refractivity contribution is -0.145. The zero-order valence-electron chi connectivity index (χ0n) is 17.1. The van der Waals surface area contributed by atoms with Gasteiger partial charge < -0.3 is 20.1 Å². The fourth-order valence-corrected chi connectivity index (χ4v) is 4.39. The minimum absolute atomic E-state index is 0.0161. The largest absolute Gasteiger partial charge is 0.487 e. The average molecular weight is 446 g/mol. The van der Waals surface area contributed by atoms with Crippen LogP contribution in [0.25, 0.3) is 0 Å². The molecule has 0 radical (unpaired) electrons. The number of likely N-dealkylation sites (tertiary alicyclic amines) is 1. The normalized spacial score (nSPS) is 25.5. The second-order valence-corrected chi connectivity index (χ2v) is 8.43. The molecule has 1 heterocycles. The van der Waals surface area contributed by atoms with Crippen LogP contribution < -0.4 is 10.1 Å². The molecule has 3 rings (SSSR count). The van der Waals surface area contributed by atoms with E-state index in [1.54, 1.807) is 11.8 Å². The Bertz CT molecular complexity index is 803. The van der Waals surface area contributed by atoms with Crippen molar-refractivity contribution in [1.29, 1.82) is 0 Å². The van der Waals surface area contributed by atoms with Crippen molar-refractivity contribution in [2.75, 3.05) is 19.7 Å². The van der Waals surface area contributed by atoms with Crippen molar-refractivity contribution < 1.29 is 37.0 Å². The van der Waals surface area contributed by atoms with E-state index in [0.29, 0.717) is 51.2 Å². The van der Waals surface area contributed by atoms with Crippen LogP contribution in [0.15, 0.2) is 18.2 Å². The molecule has 2 N–H and O–H groups in total. The van der Waals surface area contributed by atoms with Crippen LogP contribution in [0.3, 0.4) is 0 Å². The monoisotopic (exact) mass is 446 g/mol. The van der Waals surface area contributed by atoms with E-state index in [0.717, 1.165) is 12.1 Å². The first-order chi connectivity index (χ1) is 14.6. The van der Waals surface area contributed by atoms with Crippen LogP contribution >= 0.6 is 0 Å². The van der Waals surface area contributed by atoms with Crippen LogP contribution in [-0.4, -0.2) is 53.7 Å². The number of alkyl halides is 3. The highest BCUT2D eigenvalue weighted by molar-refractivity contribution is 5.80. The average Bonchev–Trinajstić information content (AvgIpc) is 2.70. The van der Waals surface area contributed by atoms with E-state index in [1.165, 1.54) is 0 Å². The molecule has 0 spiro atoms. The van der Waals surface area contributed by atoms with Gasteiger partial charge in [0.1, 0.15) is 0 Å². The summed E-state index contributed by atoms with van der Waals surface area (Å²) in [6.45, 7) is 2.52. The topological polar surface area (TPSA) is 78.9 Å². The molecule has 1 aliphatic carbocycles. The van der Waals surface area contributed by atoms with E-state index in [-0.39, 0.29) is 30.1 Å². The molecule has 172 valence electrons. The molecule has 10 heteroatoms. The molecular weight excluding hydrogens is 420 g/mol. The number of hydrogen-bond donors (Lipinski definition) is 2. The van der Waals surface area contributed by atoms with Gasteiger partial charge in [-0.3, -0.25) is 9.59 Å². The first-order valence-corrected chi connectivity index (χ1v) is 10.2. The number of rotatable bonds is 7. The molecule has 0 bridgehead atoms. The molecular formula is C21H26F4N2O4. The molecule has 1 aromatic carbocycles. The number of nitrogens with zero attached hydrogens (tertiary/aromatic N) is 1. The predicted molar refractivity (Wildman–Crippen MR) is 103 cm³/mol. The van der Waals surface area contributed by atoms with Crippen LogP contribution in [0.2, 0.25) is 0 Å². The van der Waals surface area contributed by atoms with Crippen molar-refractivity contribution in [3.63, 3.8) is 0 Å². The quantitative estimate of drug-likeness (QED) is 0.499.